The normalized spacial score (nSPS) is 15.6. The van der Waals surface area contributed by atoms with E-state index in [4.69, 9.17) is 5.11 Å². The molecule has 0 unspecified atom stereocenters. The van der Waals surface area contributed by atoms with E-state index >= 15 is 0 Å². The van der Waals surface area contributed by atoms with Crippen molar-refractivity contribution in [3.63, 3.8) is 0 Å². The summed E-state index contributed by atoms with van der Waals surface area (Å²) < 4.78 is 0. The summed E-state index contributed by atoms with van der Waals surface area (Å²) in [5, 5.41) is 14.3. The Morgan fingerprint density at radius 2 is 2.11 bits per heavy atom. The topological polar surface area (TPSA) is 78.4 Å². The van der Waals surface area contributed by atoms with E-state index in [1.165, 1.54) is 0 Å². The van der Waals surface area contributed by atoms with Crippen molar-refractivity contribution >= 4 is 17.7 Å². The van der Waals surface area contributed by atoms with Crippen molar-refractivity contribution in [3.05, 3.63) is 29.8 Å². The summed E-state index contributed by atoms with van der Waals surface area (Å²) in [5.41, 5.74) is 1.13. The van der Waals surface area contributed by atoms with Crippen molar-refractivity contribution in [1.29, 1.82) is 0 Å². The van der Waals surface area contributed by atoms with E-state index in [9.17, 15) is 9.59 Å². The van der Waals surface area contributed by atoms with Gasteiger partial charge >= 0.3 is 12.0 Å². The number of hydrogen-bond donors (Lipinski definition) is 3. The second-order valence-electron chi connectivity index (χ2n) is 4.95. The minimum Gasteiger partial charge on any atom is -0.481 e. The molecule has 3 N–H and O–H groups in total. The molecule has 5 nitrogen and oxygen atoms in total. The minimum absolute atomic E-state index is 0.182. The summed E-state index contributed by atoms with van der Waals surface area (Å²) >= 11 is 0. The van der Waals surface area contributed by atoms with E-state index in [1.807, 2.05) is 31.2 Å². The summed E-state index contributed by atoms with van der Waals surface area (Å²) in [4.78, 5) is 22.7. The van der Waals surface area contributed by atoms with Gasteiger partial charge in [0.05, 0.1) is 5.41 Å². The lowest BCUT2D eigenvalue weighted by Crippen LogP contribution is -2.36. The van der Waals surface area contributed by atoms with Crippen LogP contribution in [0.4, 0.5) is 10.5 Å². The smallest absolute Gasteiger partial charge is 0.319 e. The van der Waals surface area contributed by atoms with E-state index in [1.54, 1.807) is 0 Å². The number of carboxylic acid groups (broad SMARTS) is 1. The van der Waals surface area contributed by atoms with Gasteiger partial charge in [-0.3, -0.25) is 4.79 Å². The zero-order chi connectivity index (χ0) is 13.9. The van der Waals surface area contributed by atoms with Crippen molar-refractivity contribution in [2.75, 3.05) is 11.9 Å². The SMILES string of the molecule is CCc1cccc(NC(=O)NCC2(C(=O)O)CC2)c1. The lowest BCUT2D eigenvalue weighted by atomic mass is 10.1. The molecule has 0 radical (unpaired) electrons. The van der Waals surface area contributed by atoms with Gasteiger partial charge in [0.2, 0.25) is 0 Å². The second kappa shape index (κ2) is 5.30. The molecule has 1 fully saturated rings. The predicted octanol–water partition coefficient (Wildman–Crippen LogP) is 2.24. The maximum atomic E-state index is 11.7. The molecule has 1 aliphatic rings. The molecule has 2 rings (SSSR count). The van der Waals surface area contributed by atoms with Crippen molar-refractivity contribution < 1.29 is 14.7 Å². The number of hydrogen-bond acceptors (Lipinski definition) is 2. The third-order valence-electron chi connectivity index (χ3n) is 3.49. The average molecular weight is 262 g/mol. The molecule has 0 bridgehead atoms. The molecule has 0 saturated heterocycles. The number of benzene rings is 1. The zero-order valence-electron chi connectivity index (χ0n) is 10.9. The molecule has 1 aliphatic carbocycles. The van der Waals surface area contributed by atoms with Crippen LogP contribution in [0.5, 0.6) is 0 Å². The van der Waals surface area contributed by atoms with Crippen LogP contribution in [-0.2, 0) is 11.2 Å². The van der Waals surface area contributed by atoms with Crippen molar-refractivity contribution in [3.8, 4) is 0 Å². The fourth-order valence-electron chi connectivity index (χ4n) is 1.91. The van der Waals surface area contributed by atoms with E-state index < -0.39 is 11.4 Å². The van der Waals surface area contributed by atoms with Gasteiger partial charge in [-0.25, -0.2) is 4.79 Å². The number of aryl methyl sites for hydroxylation is 1. The molecular formula is C14H18N2O3. The molecule has 5 heteroatoms. The fourth-order valence-corrected chi connectivity index (χ4v) is 1.91. The summed E-state index contributed by atoms with van der Waals surface area (Å²) in [6.45, 7) is 2.23. The average Bonchev–Trinajstić information content (AvgIpc) is 3.18. The summed E-state index contributed by atoms with van der Waals surface area (Å²) in [5.74, 6) is -0.833. The Kier molecular flexibility index (Phi) is 3.74. The number of amides is 2. The molecule has 1 aromatic rings. The Hall–Kier alpha value is -2.04. The Morgan fingerprint density at radius 1 is 1.37 bits per heavy atom. The van der Waals surface area contributed by atoms with Crippen molar-refractivity contribution in [2.45, 2.75) is 26.2 Å². The van der Waals surface area contributed by atoms with Crippen LogP contribution >= 0.6 is 0 Å². The van der Waals surface area contributed by atoms with Crippen LogP contribution in [0, 0.1) is 5.41 Å². The van der Waals surface area contributed by atoms with Crippen LogP contribution in [0.15, 0.2) is 24.3 Å². The van der Waals surface area contributed by atoms with Gasteiger partial charge in [-0.05, 0) is 37.0 Å². The highest BCUT2D eigenvalue weighted by atomic mass is 16.4. The highest BCUT2D eigenvalue weighted by Crippen LogP contribution is 2.45. The van der Waals surface area contributed by atoms with Gasteiger partial charge in [-0.15, -0.1) is 0 Å². The van der Waals surface area contributed by atoms with E-state index in [-0.39, 0.29) is 12.6 Å². The lowest BCUT2D eigenvalue weighted by Gasteiger charge is -2.12. The molecule has 102 valence electrons. The van der Waals surface area contributed by atoms with Crippen LogP contribution in [0.3, 0.4) is 0 Å². The highest BCUT2D eigenvalue weighted by molar-refractivity contribution is 5.90. The van der Waals surface area contributed by atoms with Gasteiger partial charge in [0.1, 0.15) is 0 Å². The number of carbonyl (C=O) groups is 2. The van der Waals surface area contributed by atoms with Crippen molar-refractivity contribution in [2.24, 2.45) is 5.41 Å². The summed E-state index contributed by atoms with van der Waals surface area (Å²) in [7, 11) is 0. The minimum atomic E-state index is -0.833. The number of rotatable bonds is 5. The van der Waals surface area contributed by atoms with E-state index in [2.05, 4.69) is 10.6 Å². The number of aliphatic carboxylic acids is 1. The first-order valence-electron chi connectivity index (χ1n) is 6.43. The quantitative estimate of drug-likeness (QED) is 0.761. The highest BCUT2D eigenvalue weighted by Gasteiger charge is 2.50. The standard InChI is InChI=1S/C14H18N2O3/c1-2-10-4-3-5-11(8-10)16-13(19)15-9-14(6-7-14)12(17)18/h3-5,8H,2,6-7,9H2,1H3,(H,17,18)(H2,15,16,19). The van der Waals surface area contributed by atoms with Gasteiger partial charge in [-0.1, -0.05) is 19.1 Å². The maximum Gasteiger partial charge on any atom is 0.319 e. The van der Waals surface area contributed by atoms with E-state index in [0.29, 0.717) is 12.8 Å². The Bertz CT molecular complexity index is 495. The molecule has 0 aliphatic heterocycles. The summed E-state index contributed by atoms with van der Waals surface area (Å²) in [6.07, 6.45) is 2.17. The predicted molar refractivity (Wildman–Crippen MR) is 72.1 cm³/mol. The zero-order valence-corrected chi connectivity index (χ0v) is 10.9. The van der Waals surface area contributed by atoms with Gasteiger partial charge in [0.25, 0.3) is 0 Å². The van der Waals surface area contributed by atoms with Gasteiger partial charge in [-0.2, -0.15) is 0 Å². The lowest BCUT2D eigenvalue weighted by molar-refractivity contribution is -0.143. The molecule has 2 amide bonds. The first-order chi connectivity index (χ1) is 9.05. The van der Waals surface area contributed by atoms with Crippen LogP contribution in [0.25, 0.3) is 0 Å². The maximum absolute atomic E-state index is 11.7. The molecule has 1 aromatic carbocycles. The van der Waals surface area contributed by atoms with E-state index in [0.717, 1.165) is 17.7 Å². The molecule has 0 heterocycles. The molecule has 0 atom stereocenters. The molecule has 1 saturated carbocycles. The second-order valence-corrected chi connectivity index (χ2v) is 4.95. The number of carbonyl (C=O) groups excluding carboxylic acids is 1. The Labute approximate surface area is 112 Å². The van der Waals surface area contributed by atoms with Crippen LogP contribution in [0.2, 0.25) is 0 Å². The van der Waals surface area contributed by atoms with Crippen molar-refractivity contribution in [1.82, 2.24) is 5.32 Å². The number of nitrogens with one attached hydrogen (secondary N) is 2. The monoisotopic (exact) mass is 262 g/mol. The third kappa shape index (κ3) is 3.24. The fraction of sp³-hybridized carbons (Fsp3) is 0.429. The van der Waals surface area contributed by atoms with Gasteiger partial charge < -0.3 is 15.7 Å². The largest absolute Gasteiger partial charge is 0.481 e. The molecular weight excluding hydrogens is 244 g/mol. The van der Waals surface area contributed by atoms with Crippen LogP contribution < -0.4 is 10.6 Å². The number of urea groups is 1. The Balaban J connectivity index is 1.86. The molecule has 0 spiro atoms. The Morgan fingerprint density at radius 3 is 2.68 bits per heavy atom. The summed E-state index contributed by atoms with van der Waals surface area (Å²) in [6, 6.07) is 7.23. The van der Waals surface area contributed by atoms with Crippen LogP contribution in [-0.4, -0.2) is 23.7 Å². The third-order valence-corrected chi connectivity index (χ3v) is 3.49. The van der Waals surface area contributed by atoms with Crippen LogP contribution in [0.1, 0.15) is 25.3 Å². The van der Waals surface area contributed by atoms with Gasteiger partial charge in [0, 0.05) is 12.2 Å². The number of anilines is 1. The first kappa shape index (κ1) is 13.4. The first-order valence-corrected chi connectivity index (χ1v) is 6.43. The number of carboxylic acids is 1. The molecule has 0 aromatic heterocycles. The van der Waals surface area contributed by atoms with Gasteiger partial charge in [0.15, 0.2) is 0 Å². The molecule has 19 heavy (non-hydrogen) atoms.